The lowest BCUT2D eigenvalue weighted by Crippen LogP contribution is -2.31. The van der Waals surface area contributed by atoms with E-state index in [1.165, 1.54) is 49.4 Å². The predicted molar refractivity (Wildman–Crippen MR) is 100 cm³/mol. The molecule has 1 N–H and O–H groups in total. The highest BCUT2D eigenvalue weighted by Gasteiger charge is 2.14. The van der Waals surface area contributed by atoms with Gasteiger partial charge in [-0.15, -0.1) is 11.8 Å². The smallest absolute Gasteiger partial charge is 0.257 e. The summed E-state index contributed by atoms with van der Waals surface area (Å²) in [7, 11) is 0. The number of thioether (sulfide) groups is 1. The topological polar surface area (TPSA) is 68.0 Å². The second kappa shape index (κ2) is 9.04. The first kappa shape index (κ1) is 18.0. The van der Waals surface area contributed by atoms with Crippen LogP contribution >= 0.6 is 11.8 Å². The first-order valence-corrected chi connectivity index (χ1v) is 10.1. The van der Waals surface area contributed by atoms with Crippen LogP contribution < -0.4 is 5.32 Å². The molecule has 1 fully saturated rings. The Balaban J connectivity index is 1.38. The van der Waals surface area contributed by atoms with Gasteiger partial charge in [0.15, 0.2) is 5.82 Å². The highest BCUT2D eigenvalue weighted by molar-refractivity contribution is 7.99. The SMILES string of the molecule is Cc1ccc(-c2nc(CSCC(=O)NCC3CCCCC3)no2)cc1. The second-order valence-corrected chi connectivity index (χ2v) is 7.67. The lowest BCUT2D eigenvalue weighted by atomic mass is 9.89. The molecule has 0 atom stereocenters. The standard InChI is InChI=1S/C19H25N3O2S/c1-14-7-9-16(10-8-14)19-21-17(22-24-19)12-25-13-18(23)20-11-15-5-3-2-4-6-15/h7-10,15H,2-6,11-13H2,1H3,(H,20,23). The zero-order valence-electron chi connectivity index (χ0n) is 14.7. The van der Waals surface area contributed by atoms with Crippen LogP contribution in [0.15, 0.2) is 28.8 Å². The highest BCUT2D eigenvalue weighted by Crippen LogP contribution is 2.23. The van der Waals surface area contributed by atoms with Crippen molar-refractivity contribution in [1.29, 1.82) is 0 Å². The van der Waals surface area contributed by atoms with Crippen LogP contribution in [0.25, 0.3) is 11.5 Å². The van der Waals surface area contributed by atoms with Crippen LogP contribution in [0.3, 0.4) is 0 Å². The number of hydrogen-bond donors (Lipinski definition) is 1. The Kier molecular flexibility index (Phi) is 6.50. The molecule has 134 valence electrons. The number of rotatable bonds is 7. The molecule has 0 spiro atoms. The van der Waals surface area contributed by atoms with Crippen molar-refractivity contribution in [3.8, 4) is 11.5 Å². The van der Waals surface area contributed by atoms with E-state index in [1.54, 1.807) is 0 Å². The zero-order chi connectivity index (χ0) is 17.5. The van der Waals surface area contributed by atoms with Gasteiger partial charge in [0.05, 0.1) is 11.5 Å². The molecule has 0 saturated heterocycles. The lowest BCUT2D eigenvalue weighted by Gasteiger charge is -2.21. The summed E-state index contributed by atoms with van der Waals surface area (Å²) < 4.78 is 5.30. The Bertz CT molecular complexity index is 678. The van der Waals surface area contributed by atoms with E-state index >= 15 is 0 Å². The van der Waals surface area contributed by atoms with Gasteiger partial charge in [-0.05, 0) is 37.8 Å². The third-order valence-corrected chi connectivity index (χ3v) is 5.47. The minimum absolute atomic E-state index is 0.0952. The average Bonchev–Trinajstić information content (AvgIpc) is 3.10. The van der Waals surface area contributed by atoms with E-state index in [2.05, 4.69) is 15.5 Å². The van der Waals surface area contributed by atoms with E-state index in [9.17, 15) is 4.79 Å². The maximum atomic E-state index is 11.9. The predicted octanol–water partition coefficient (Wildman–Crippen LogP) is 3.97. The fraction of sp³-hybridized carbons (Fsp3) is 0.526. The molecule has 0 radical (unpaired) electrons. The summed E-state index contributed by atoms with van der Waals surface area (Å²) in [5, 5.41) is 7.04. The number of aryl methyl sites for hydroxylation is 1. The van der Waals surface area contributed by atoms with E-state index in [0.29, 0.717) is 29.1 Å². The molecule has 25 heavy (non-hydrogen) atoms. The summed E-state index contributed by atoms with van der Waals surface area (Å²) in [5.74, 6) is 2.92. The van der Waals surface area contributed by atoms with Crippen molar-refractivity contribution in [3.05, 3.63) is 35.7 Å². The van der Waals surface area contributed by atoms with E-state index in [0.717, 1.165) is 12.1 Å². The summed E-state index contributed by atoms with van der Waals surface area (Å²) in [4.78, 5) is 16.3. The molecule has 1 amide bonds. The van der Waals surface area contributed by atoms with Gasteiger partial charge in [-0.3, -0.25) is 4.79 Å². The van der Waals surface area contributed by atoms with Crippen molar-refractivity contribution in [2.75, 3.05) is 12.3 Å². The fourth-order valence-electron chi connectivity index (χ4n) is 3.06. The molecule has 6 heteroatoms. The number of benzene rings is 1. The van der Waals surface area contributed by atoms with Crippen LogP contribution in [0.2, 0.25) is 0 Å². The van der Waals surface area contributed by atoms with Crippen molar-refractivity contribution in [2.24, 2.45) is 5.92 Å². The Hall–Kier alpha value is -1.82. The maximum Gasteiger partial charge on any atom is 0.257 e. The molecule has 0 unspecified atom stereocenters. The normalized spacial score (nSPS) is 15.2. The first-order chi connectivity index (χ1) is 12.2. The zero-order valence-corrected chi connectivity index (χ0v) is 15.5. The monoisotopic (exact) mass is 359 g/mol. The maximum absolute atomic E-state index is 11.9. The van der Waals surface area contributed by atoms with Gasteiger partial charge in [-0.1, -0.05) is 42.1 Å². The summed E-state index contributed by atoms with van der Waals surface area (Å²) in [6.07, 6.45) is 6.44. The third kappa shape index (κ3) is 5.59. The number of carbonyl (C=O) groups is 1. The molecule has 1 heterocycles. The molecule has 0 bridgehead atoms. The van der Waals surface area contributed by atoms with Crippen molar-refractivity contribution < 1.29 is 9.32 Å². The average molecular weight is 359 g/mol. The Morgan fingerprint density at radius 2 is 2.00 bits per heavy atom. The Morgan fingerprint density at radius 1 is 1.24 bits per heavy atom. The number of amides is 1. The van der Waals surface area contributed by atoms with Gasteiger partial charge in [0.25, 0.3) is 5.89 Å². The van der Waals surface area contributed by atoms with Crippen LogP contribution in [-0.2, 0) is 10.5 Å². The molecule has 1 aromatic heterocycles. The summed E-state index contributed by atoms with van der Waals surface area (Å²) in [6.45, 7) is 2.86. The number of carbonyl (C=O) groups excluding carboxylic acids is 1. The fourth-order valence-corrected chi connectivity index (χ4v) is 3.75. The van der Waals surface area contributed by atoms with Crippen LogP contribution in [0, 0.1) is 12.8 Å². The second-order valence-electron chi connectivity index (χ2n) is 6.68. The minimum Gasteiger partial charge on any atom is -0.355 e. The summed E-state index contributed by atoms with van der Waals surface area (Å²) in [6, 6.07) is 7.98. The molecule has 1 aromatic carbocycles. The largest absolute Gasteiger partial charge is 0.355 e. The molecule has 5 nitrogen and oxygen atoms in total. The van der Waals surface area contributed by atoms with Gasteiger partial charge in [0.1, 0.15) is 0 Å². The molecular weight excluding hydrogens is 334 g/mol. The molecule has 1 aliphatic carbocycles. The molecule has 2 aromatic rings. The molecule has 1 saturated carbocycles. The first-order valence-electron chi connectivity index (χ1n) is 8.95. The quantitative estimate of drug-likeness (QED) is 0.810. The van der Waals surface area contributed by atoms with Gasteiger partial charge < -0.3 is 9.84 Å². The summed E-state index contributed by atoms with van der Waals surface area (Å²) in [5.41, 5.74) is 2.11. The van der Waals surface area contributed by atoms with E-state index < -0.39 is 0 Å². The number of aromatic nitrogens is 2. The van der Waals surface area contributed by atoms with Crippen LogP contribution in [0.5, 0.6) is 0 Å². The number of nitrogens with one attached hydrogen (secondary N) is 1. The van der Waals surface area contributed by atoms with Crippen LogP contribution in [-0.4, -0.2) is 28.3 Å². The number of nitrogens with zero attached hydrogens (tertiary/aromatic N) is 2. The third-order valence-electron chi connectivity index (χ3n) is 4.54. The van der Waals surface area contributed by atoms with Gasteiger partial charge in [0, 0.05) is 12.1 Å². The summed E-state index contributed by atoms with van der Waals surface area (Å²) >= 11 is 1.51. The van der Waals surface area contributed by atoms with Crippen molar-refractivity contribution in [3.63, 3.8) is 0 Å². The minimum atomic E-state index is 0.0952. The van der Waals surface area contributed by atoms with Crippen molar-refractivity contribution in [2.45, 2.75) is 44.8 Å². The van der Waals surface area contributed by atoms with E-state index in [-0.39, 0.29) is 5.91 Å². The Morgan fingerprint density at radius 3 is 2.76 bits per heavy atom. The van der Waals surface area contributed by atoms with E-state index in [4.69, 9.17) is 4.52 Å². The van der Waals surface area contributed by atoms with E-state index in [1.807, 2.05) is 31.2 Å². The lowest BCUT2D eigenvalue weighted by molar-refractivity contribution is -0.118. The van der Waals surface area contributed by atoms with Gasteiger partial charge in [-0.2, -0.15) is 4.98 Å². The van der Waals surface area contributed by atoms with Crippen molar-refractivity contribution in [1.82, 2.24) is 15.5 Å². The highest BCUT2D eigenvalue weighted by atomic mass is 32.2. The molecule has 3 rings (SSSR count). The van der Waals surface area contributed by atoms with Crippen LogP contribution in [0.1, 0.15) is 43.5 Å². The molecular formula is C19H25N3O2S. The van der Waals surface area contributed by atoms with Gasteiger partial charge in [0.2, 0.25) is 5.91 Å². The molecule has 0 aliphatic heterocycles. The van der Waals surface area contributed by atoms with Crippen LogP contribution in [0.4, 0.5) is 0 Å². The number of hydrogen-bond acceptors (Lipinski definition) is 5. The van der Waals surface area contributed by atoms with Gasteiger partial charge >= 0.3 is 0 Å². The Labute approximate surface area is 153 Å². The molecule has 1 aliphatic rings. The van der Waals surface area contributed by atoms with Gasteiger partial charge in [-0.25, -0.2) is 0 Å². The van der Waals surface area contributed by atoms with Crippen molar-refractivity contribution >= 4 is 17.7 Å².